The summed E-state index contributed by atoms with van der Waals surface area (Å²) in [6.45, 7) is 8.23. The largest absolute Gasteiger partial charge is 0.326 e. The van der Waals surface area contributed by atoms with E-state index in [2.05, 4.69) is 14.9 Å². The number of carbonyl (C=O) groups excluding carboxylic acids is 1. The van der Waals surface area contributed by atoms with E-state index in [4.69, 9.17) is 6.57 Å². The number of benzene rings is 2. The molecule has 7 heteroatoms. The van der Waals surface area contributed by atoms with Crippen molar-refractivity contribution < 1.29 is 13.2 Å². The Morgan fingerprint density at radius 1 is 1.09 bits per heavy atom. The van der Waals surface area contributed by atoms with Crippen LogP contribution in [0.25, 0.3) is 4.85 Å². The van der Waals surface area contributed by atoms with Crippen LogP contribution in [0.3, 0.4) is 0 Å². The summed E-state index contributed by atoms with van der Waals surface area (Å²) in [5.74, 6) is -0.241. The smallest absolute Gasteiger partial charge is 0.261 e. The van der Waals surface area contributed by atoms with Crippen LogP contribution in [-0.2, 0) is 14.8 Å². The molecule has 0 aliphatic rings. The van der Waals surface area contributed by atoms with Gasteiger partial charge in [-0.2, -0.15) is 0 Å². The number of nitrogens with one attached hydrogen (secondary N) is 2. The average Bonchev–Trinajstić information content (AvgIpc) is 2.46. The van der Waals surface area contributed by atoms with Gasteiger partial charge in [0.1, 0.15) is 0 Å². The van der Waals surface area contributed by atoms with E-state index in [1.807, 2.05) is 0 Å². The highest BCUT2D eigenvalue weighted by Gasteiger charge is 2.14. The summed E-state index contributed by atoms with van der Waals surface area (Å²) >= 11 is 0. The Kier molecular flexibility index (Phi) is 4.44. The number of anilines is 2. The molecule has 2 aromatic carbocycles. The maximum atomic E-state index is 12.3. The van der Waals surface area contributed by atoms with E-state index in [0.29, 0.717) is 17.1 Å². The van der Waals surface area contributed by atoms with E-state index in [1.54, 1.807) is 18.2 Å². The third kappa shape index (κ3) is 3.84. The van der Waals surface area contributed by atoms with E-state index in [1.165, 1.54) is 37.3 Å². The summed E-state index contributed by atoms with van der Waals surface area (Å²) in [5, 5.41) is 2.58. The first-order chi connectivity index (χ1) is 10.4. The molecule has 22 heavy (non-hydrogen) atoms. The fourth-order valence-corrected chi connectivity index (χ4v) is 2.83. The molecule has 0 heterocycles. The summed E-state index contributed by atoms with van der Waals surface area (Å²) in [6, 6.07) is 12.0. The van der Waals surface area contributed by atoms with Gasteiger partial charge in [-0.3, -0.25) is 9.52 Å². The van der Waals surface area contributed by atoms with Gasteiger partial charge in [0.15, 0.2) is 5.69 Å². The molecule has 2 aromatic rings. The quantitative estimate of drug-likeness (QED) is 0.851. The van der Waals surface area contributed by atoms with Crippen molar-refractivity contribution in [3.63, 3.8) is 0 Å². The first-order valence-electron chi connectivity index (χ1n) is 6.29. The van der Waals surface area contributed by atoms with Gasteiger partial charge >= 0.3 is 0 Å². The number of carbonyl (C=O) groups is 1. The Morgan fingerprint density at radius 2 is 1.73 bits per heavy atom. The maximum absolute atomic E-state index is 12.3. The van der Waals surface area contributed by atoms with Crippen molar-refractivity contribution in [2.45, 2.75) is 11.8 Å². The lowest BCUT2D eigenvalue weighted by Gasteiger charge is -2.10. The fourth-order valence-electron chi connectivity index (χ4n) is 1.78. The second-order valence-corrected chi connectivity index (χ2v) is 6.16. The van der Waals surface area contributed by atoms with Crippen molar-refractivity contribution in [3.8, 4) is 0 Å². The molecule has 2 N–H and O–H groups in total. The Hall–Kier alpha value is -2.85. The normalized spacial score (nSPS) is 10.5. The van der Waals surface area contributed by atoms with Gasteiger partial charge in [-0.05, 0) is 18.2 Å². The lowest BCUT2D eigenvalue weighted by Crippen LogP contribution is -2.13. The van der Waals surface area contributed by atoms with Crippen LogP contribution in [0, 0.1) is 6.57 Å². The summed E-state index contributed by atoms with van der Waals surface area (Å²) in [7, 11) is -3.75. The van der Waals surface area contributed by atoms with Crippen molar-refractivity contribution in [1.29, 1.82) is 0 Å². The first-order valence-corrected chi connectivity index (χ1v) is 7.77. The highest BCUT2D eigenvalue weighted by Crippen LogP contribution is 2.21. The molecular formula is C15H13N3O3S. The third-order valence-electron chi connectivity index (χ3n) is 2.71. The Balaban J connectivity index is 2.24. The number of rotatable bonds is 4. The number of hydrogen-bond acceptors (Lipinski definition) is 3. The van der Waals surface area contributed by atoms with Crippen molar-refractivity contribution >= 4 is 33.0 Å². The van der Waals surface area contributed by atoms with E-state index in [-0.39, 0.29) is 10.8 Å². The molecule has 0 aliphatic carbocycles. The van der Waals surface area contributed by atoms with Gasteiger partial charge in [0, 0.05) is 12.6 Å². The van der Waals surface area contributed by atoms with Crippen LogP contribution in [0.1, 0.15) is 6.92 Å². The van der Waals surface area contributed by atoms with Gasteiger partial charge in [-0.1, -0.05) is 30.3 Å². The molecule has 1 amide bonds. The summed E-state index contributed by atoms with van der Waals surface area (Å²) in [6.07, 6.45) is 0. The molecule has 6 nitrogen and oxygen atoms in total. The Labute approximate surface area is 128 Å². The minimum absolute atomic E-state index is 0.0600. The minimum atomic E-state index is -3.75. The summed E-state index contributed by atoms with van der Waals surface area (Å²) < 4.78 is 26.9. The van der Waals surface area contributed by atoms with Gasteiger partial charge in [0.05, 0.1) is 17.2 Å². The number of sulfonamides is 1. The molecule has 112 valence electrons. The highest BCUT2D eigenvalue weighted by molar-refractivity contribution is 7.92. The zero-order valence-electron chi connectivity index (χ0n) is 11.7. The molecule has 0 aromatic heterocycles. The molecule has 2 rings (SSSR count). The van der Waals surface area contributed by atoms with Crippen molar-refractivity contribution in [2.24, 2.45) is 0 Å². The monoisotopic (exact) mass is 315 g/mol. The zero-order chi connectivity index (χ0) is 16.2. The van der Waals surface area contributed by atoms with Crippen LogP contribution >= 0.6 is 0 Å². The first kappa shape index (κ1) is 15.5. The fraction of sp³-hybridized carbons (Fsp3) is 0.0667. The standard InChI is InChI=1S/C15H13N3O3S/c1-11(19)17-13-4-3-5-14(10-13)18-22(20,21)15-8-6-12(16-2)7-9-15/h3-10,18H,1H3,(H,17,19). The maximum Gasteiger partial charge on any atom is 0.261 e. The lowest BCUT2D eigenvalue weighted by atomic mass is 10.3. The predicted molar refractivity (Wildman–Crippen MR) is 84.3 cm³/mol. The van der Waals surface area contributed by atoms with Crippen LogP contribution in [0.4, 0.5) is 17.1 Å². The van der Waals surface area contributed by atoms with E-state index < -0.39 is 10.0 Å². The molecule has 0 spiro atoms. The minimum Gasteiger partial charge on any atom is -0.326 e. The van der Waals surface area contributed by atoms with Crippen LogP contribution in [0.2, 0.25) is 0 Å². The number of amides is 1. The van der Waals surface area contributed by atoms with Crippen LogP contribution in [0.5, 0.6) is 0 Å². The second-order valence-electron chi connectivity index (χ2n) is 4.47. The topological polar surface area (TPSA) is 79.6 Å². The van der Waals surface area contributed by atoms with Gasteiger partial charge < -0.3 is 5.32 Å². The molecule has 0 bridgehead atoms. The van der Waals surface area contributed by atoms with E-state index >= 15 is 0 Å². The zero-order valence-corrected chi connectivity index (χ0v) is 12.5. The average molecular weight is 315 g/mol. The predicted octanol–water partition coefficient (Wildman–Crippen LogP) is 3.00. The number of hydrogen-bond donors (Lipinski definition) is 2. The lowest BCUT2D eigenvalue weighted by molar-refractivity contribution is -0.114. The molecule has 0 aliphatic heterocycles. The van der Waals surface area contributed by atoms with Gasteiger partial charge in [0.25, 0.3) is 10.0 Å². The van der Waals surface area contributed by atoms with Crippen molar-refractivity contribution in [1.82, 2.24) is 0 Å². The van der Waals surface area contributed by atoms with Crippen LogP contribution in [-0.4, -0.2) is 14.3 Å². The van der Waals surface area contributed by atoms with E-state index in [0.717, 1.165) is 0 Å². The van der Waals surface area contributed by atoms with Crippen molar-refractivity contribution in [2.75, 3.05) is 10.0 Å². The summed E-state index contributed by atoms with van der Waals surface area (Å²) in [5.41, 5.74) is 1.20. The Bertz CT molecular complexity index is 837. The van der Waals surface area contributed by atoms with Gasteiger partial charge in [-0.25, -0.2) is 13.3 Å². The second kappa shape index (κ2) is 6.28. The van der Waals surface area contributed by atoms with E-state index in [9.17, 15) is 13.2 Å². The van der Waals surface area contributed by atoms with Crippen LogP contribution < -0.4 is 10.0 Å². The number of nitrogens with zero attached hydrogens (tertiary/aromatic N) is 1. The molecule has 0 atom stereocenters. The highest BCUT2D eigenvalue weighted by atomic mass is 32.2. The molecule has 0 unspecified atom stereocenters. The van der Waals surface area contributed by atoms with Crippen LogP contribution in [0.15, 0.2) is 53.4 Å². The molecule has 0 saturated carbocycles. The van der Waals surface area contributed by atoms with Crippen molar-refractivity contribution in [3.05, 3.63) is 59.9 Å². The molecule has 0 fully saturated rings. The summed E-state index contributed by atoms with van der Waals surface area (Å²) in [4.78, 5) is 14.3. The molecular weight excluding hydrogens is 302 g/mol. The molecule has 0 saturated heterocycles. The molecule has 0 radical (unpaired) electrons. The SMILES string of the molecule is [C-]#[N+]c1ccc(S(=O)(=O)Nc2cccc(NC(C)=O)c2)cc1. The van der Waals surface area contributed by atoms with Gasteiger partial charge in [-0.15, -0.1) is 0 Å². The third-order valence-corrected chi connectivity index (χ3v) is 4.11. The Morgan fingerprint density at radius 3 is 2.32 bits per heavy atom. The van der Waals surface area contributed by atoms with Gasteiger partial charge in [0.2, 0.25) is 5.91 Å².